The Hall–Kier alpha value is 2.30. The van der Waals surface area contributed by atoms with E-state index in [-0.39, 0.29) is 46.9 Å². The van der Waals surface area contributed by atoms with Crippen molar-refractivity contribution in [1.29, 1.82) is 0 Å². The largest absolute Gasteiger partial charge is 0.381 e. The Morgan fingerprint density at radius 3 is 0.724 bits per heavy atom. The van der Waals surface area contributed by atoms with Gasteiger partial charge in [-0.05, 0) is 49.4 Å². The van der Waals surface area contributed by atoms with E-state index in [9.17, 15) is 0 Å². The summed E-state index contributed by atoms with van der Waals surface area (Å²) in [4.78, 5) is 0. The molecule has 4 saturated heterocycles. The van der Waals surface area contributed by atoms with Crippen molar-refractivity contribution < 1.29 is 56.4 Å². The predicted octanol–water partition coefficient (Wildman–Crippen LogP) is 8.07. The number of hydrogen-bond donors (Lipinski definition) is 0. The molecular weight excluding hydrogens is 555 g/mol. The van der Waals surface area contributed by atoms with Crippen molar-refractivity contribution in [3.8, 4) is 0 Å². The molecule has 0 unspecified atom stereocenters. The van der Waals surface area contributed by atoms with Gasteiger partial charge in [-0.3, -0.25) is 0 Å². The Morgan fingerprint density at radius 2 is 0.655 bits per heavy atom. The van der Waals surface area contributed by atoms with Crippen LogP contribution in [-0.2, 0) is 9.47 Å². The van der Waals surface area contributed by atoms with Crippen LogP contribution in [0.1, 0.15) is 81.1 Å². The average Bonchev–Trinajstić information content (AvgIpc) is 3.47. The standard InChI is InChI=1S/2C8H12P.2C4H8O.Yb/c2*1-5-6(2)8(4)9-7(5)3;2*1-2-4-5-3-1;/h2*1-4H3;2*1-4H2;. The van der Waals surface area contributed by atoms with Gasteiger partial charge in [0.15, 0.2) is 0 Å². The van der Waals surface area contributed by atoms with E-state index in [1.165, 1.54) is 89.2 Å². The first-order valence-electron chi connectivity index (χ1n) is 10.5. The van der Waals surface area contributed by atoms with Crippen molar-refractivity contribution in [3.05, 3.63) is 46.3 Å². The molecule has 2 nitrogen and oxygen atoms in total. The maximum absolute atomic E-state index is 4.94. The topological polar surface area (TPSA) is 18.5 Å². The first kappa shape index (κ1) is 31.3. The van der Waals surface area contributed by atoms with Gasteiger partial charge >= 0.3 is 0 Å². The van der Waals surface area contributed by atoms with E-state index in [2.05, 4.69) is 55.4 Å². The Morgan fingerprint density at radius 1 is 0.448 bits per heavy atom. The third kappa shape index (κ3) is 12.4. The van der Waals surface area contributed by atoms with Crippen molar-refractivity contribution in [2.45, 2.75) is 81.1 Å². The van der Waals surface area contributed by atoms with Gasteiger partial charge in [-0.25, -0.2) is 0 Å². The van der Waals surface area contributed by atoms with E-state index < -0.39 is 0 Å². The average molecular weight is 596 g/mol. The second kappa shape index (κ2) is 17.7. The summed E-state index contributed by atoms with van der Waals surface area (Å²) in [6, 6.07) is 0. The quantitative estimate of drug-likeness (QED) is 0.264. The SMILES string of the molecule is C1CCOC1.C1CCOC1.C[C]1[P][C](C)[C](C)[C]1C.C[C]1[P][C](C)[C](C)[C]1C.[Yb]. The molecule has 172 valence electrons. The Bertz CT molecular complexity index is 316. The molecule has 0 aliphatic carbocycles. The van der Waals surface area contributed by atoms with Gasteiger partial charge in [-0.15, -0.1) is 0 Å². The van der Waals surface area contributed by atoms with E-state index in [1.807, 2.05) is 0 Å². The van der Waals surface area contributed by atoms with Gasteiger partial charge in [0.25, 0.3) is 0 Å². The maximum atomic E-state index is 4.94. The third-order valence-electron chi connectivity index (χ3n) is 5.62. The van der Waals surface area contributed by atoms with Crippen LogP contribution < -0.4 is 0 Å². The molecule has 0 aromatic rings. The summed E-state index contributed by atoms with van der Waals surface area (Å²) in [6.07, 6.45) is 5.11. The summed E-state index contributed by atoms with van der Waals surface area (Å²) >= 11 is 0. The molecule has 4 fully saturated rings. The number of rotatable bonds is 0. The summed E-state index contributed by atoms with van der Waals surface area (Å²) in [6.45, 7) is 21.6. The molecule has 0 N–H and O–H groups in total. The molecule has 0 spiro atoms. The van der Waals surface area contributed by atoms with E-state index in [1.54, 1.807) is 0 Å². The zero-order valence-corrected chi connectivity index (χ0v) is 23.1. The first-order chi connectivity index (χ1) is 13.3. The molecule has 0 atom stereocenters. The van der Waals surface area contributed by atoms with Crippen LogP contribution in [0.3, 0.4) is 0 Å². The molecule has 0 saturated carbocycles. The summed E-state index contributed by atoms with van der Waals surface area (Å²) in [5.41, 5.74) is 6.07. The van der Waals surface area contributed by atoms with Crippen molar-refractivity contribution in [2.24, 2.45) is 0 Å². The maximum Gasteiger partial charge on any atom is 0.0466 e. The summed E-state index contributed by atoms with van der Waals surface area (Å²) < 4.78 is 9.89. The van der Waals surface area contributed by atoms with Gasteiger partial charge in [0.2, 0.25) is 0 Å². The minimum absolute atomic E-state index is 0. The molecule has 5 heteroatoms. The molecule has 4 aliphatic heterocycles. The van der Waals surface area contributed by atoms with E-state index in [0.717, 1.165) is 26.4 Å². The van der Waals surface area contributed by atoms with Crippen LogP contribution in [0.5, 0.6) is 0 Å². The minimum atomic E-state index is 0. The van der Waals surface area contributed by atoms with Crippen molar-refractivity contribution in [3.63, 3.8) is 0 Å². The van der Waals surface area contributed by atoms with Crippen LogP contribution in [0.4, 0.5) is 0 Å². The smallest absolute Gasteiger partial charge is 0.0466 e. The monoisotopic (exact) mass is 596 g/mol. The molecule has 0 aromatic carbocycles. The third-order valence-corrected chi connectivity index (χ3v) is 8.30. The minimum Gasteiger partial charge on any atom is -0.381 e. The molecule has 10 radical (unpaired) electrons. The van der Waals surface area contributed by atoms with Crippen LogP contribution in [0.15, 0.2) is 0 Å². The molecule has 29 heavy (non-hydrogen) atoms. The van der Waals surface area contributed by atoms with Crippen molar-refractivity contribution >= 4 is 17.2 Å². The van der Waals surface area contributed by atoms with Gasteiger partial charge in [-0.2, -0.15) is 0 Å². The normalized spacial score (nSPS) is 25.7. The van der Waals surface area contributed by atoms with Crippen LogP contribution in [0.25, 0.3) is 0 Å². The molecular formula is C24H40O2P2Yb. The molecule has 4 rings (SSSR count). The Kier molecular flexibility index (Phi) is 19.1. The van der Waals surface area contributed by atoms with Gasteiger partial charge in [0.05, 0.1) is 0 Å². The Balaban J connectivity index is 0.000000369. The fourth-order valence-corrected chi connectivity index (χ4v) is 5.29. The zero-order chi connectivity index (χ0) is 21.1. The number of hydrogen-bond acceptors (Lipinski definition) is 2. The first-order valence-corrected chi connectivity index (χ1v) is 12.3. The van der Waals surface area contributed by atoms with Gasteiger partial charge in [-0.1, -0.05) is 72.6 Å². The van der Waals surface area contributed by atoms with Crippen molar-refractivity contribution in [1.82, 2.24) is 0 Å². The van der Waals surface area contributed by atoms with E-state index in [4.69, 9.17) is 9.47 Å². The fourth-order valence-electron chi connectivity index (χ4n) is 2.94. The van der Waals surface area contributed by atoms with Crippen molar-refractivity contribution in [2.75, 3.05) is 26.4 Å². The second-order valence-electron chi connectivity index (χ2n) is 7.70. The number of ether oxygens (including phenoxy) is 2. The summed E-state index contributed by atoms with van der Waals surface area (Å²) in [5.74, 6) is 5.98. The predicted molar refractivity (Wildman–Crippen MR) is 125 cm³/mol. The van der Waals surface area contributed by atoms with Crippen LogP contribution in [-0.4, -0.2) is 26.4 Å². The zero-order valence-electron chi connectivity index (χ0n) is 19.6. The molecule has 4 heterocycles. The fraction of sp³-hybridized carbons (Fsp3) is 0.667. The van der Waals surface area contributed by atoms with Crippen LogP contribution in [0.2, 0.25) is 0 Å². The van der Waals surface area contributed by atoms with Crippen LogP contribution >= 0.6 is 17.2 Å². The molecule has 0 aromatic heterocycles. The Labute approximate surface area is 225 Å². The molecule has 0 bridgehead atoms. The van der Waals surface area contributed by atoms with Gasteiger partial charge in [0, 0.05) is 96.0 Å². The second-order valence-corrected chi connectivity index (χ2v) is 10.8. The van der Waals surface area contributed by atoms with Crippen LogP contribution in [0, 0.1) is 93.2 Å². The summed E-state index contributed by atoms with van der Waals surface area (Å²) in [5, 5.41) is 0. The van der Waals surface area contributed by atoms with Gasteiger partial charge < -0.3 is 9.47 Å². The van der Waals surface area contributed by atoms with E-state index >= 15 is 0 Å². The van der Waals surface area contributed by atoms with E-state index in [0.29, 0.717) is 0 Å². The molecule has 4 aliphatic rings. The van der Waals surface area contributed by atoms with Gasteiger partial charge in [0.1, 0.15) is 0 Å². The molecule has 0 amide bonds. The summed E-state index contributed by atoms with van der Waals surface area (Å²) in [7, 11) is 2.87.